The molecule has 0 spiro atoms. The van der Waals surface area contributed by atoms with Crippen LogP contribution in [0.3, 0.4) is 0 Å². The summed E-state index contributed by atoms with van der Waals surface area (Å²) < 4.78 is 2.92. The third-order valence-electron chi connectivity index (χ3n) is 4.15. The van der Waals surface area contributed by atoms with Crippen molar-refractivity contribution in [3.63, 3.8) is 0 Å². The van der Waals surface area contributed by atoms with Gasteiger partial charge in [0, 0.05) is 18.8 Å². The fourth-order valence-corrected chi connectivity index (χ4v) is 3.35. The summed E-state index contributed by atoms with van der Waals surface area (Å²) in [7, 11) is 2.05. The Bertz CT molecular complexity index is 652. The van der Waals surface area contributed by atoms with Gasteiger partial charge < -0.3 is 4.90 Å². The Kier molecular flexibility index (Phi) is 3.61. The zero-order chi connectivity index (χ0) is 14.1. The van der Waals surface area contributed by atoms with Gasteiger partial charge in [-0.1, -0.05) is 31.0 Å². The SMILES string of the molecule is Cc1ccccc1N(C)c1n[nH]c(=S)n1C1CCCC1. The number of aromatic nitrogens is 3. The molecule has 0 radical (unpaired) electrons. The fourth-order valence-electron chi connectivity index (χ4n) is 3.07. The Morgan fingerprint density at radius 3 is 2.70 bits per heavy atom. The Balaban J connectivity index is 2.02. The van der Waals surface area contributed by atoms with E-state index in [0.29, 0.717) is 6.04 Å². The third kappa shape index (κ3) is 2.26. The molecule has 1 aromatic heterocycles. The van der Waals surface area contributed by atoms with Crippen LogP contribution in [0.5, 0.6) is 0 Å². The van der Waals surface area contributed by atoms with Crippen LogP contribution in [0, 0.1) is 11.7 Å². The first kappa shape index (κ1) is 13.4. The van der Waals surface area contributed by atoms with Gasteiger partial charge in [-0.2, -0.15) is 0 Å². The van der Waals surface area contributed by atoms with E-state index in [0.717, 1.165) is 10.7 Å². The molecule has 20 heavy (non-hydrogen) atoms. The number of rotatable bonds is 3. The van der Waals surface area contributed by atoms with Gasteiger partial charge in [-0.15, -0.1) is 5.10 Å². The van der Waals surface area contributed by atoms with Crippen molar-refractivity contribution < 1.29 is 0 Å². The van der Waals surface area contributed by atoms with Gasteiger partial charge in [-0.3, -0.25) is 4.57 Å². The molecular weight excluding hydrogens is 268 g/mol. The standard InChI is InChI=1S/C15H20N4S/c1-11-7-3-6-10-13(11)18(2)14-16-17-15(20)19(14)12-8-4-5-9-12/h3,6-7,10,12H,4-5,8-9H2,1-2H3,(H,17,20). The molecule has 0 unspecified atom stereocenters. The van der Waals surface area contributed by atoms with Gasteiger partial charge in [-0.05, 0) is 43.6 Å². The highest BCUT2D eigenvalue weighted by Crippen LogP contribution is 2.34. The largest absolute Gasteiger partial charge is 0.313 e. The molecule has 1 fully saturated rings. The minimum absolute atomic E-state index is 0.489. The molecule has 0 amide bonds. The first-order chi connectivity index (χ1) is 9.68. The molecule has 1 N–H and O–H groups in total. The predicted molar refractivity (Wildman–Crippen MR) is 84.2 cm³/mol. The Morgan fingerprint density at radius 2 is 2.00 bits per heavy atom. The molecule has 0 aliphatic heterocycles. The van der Waals surface area contributed by atoms with E-state index in [4.69, 9.17) is 12.2 Å². The average Bonchev–Trinajstić information content (AvgIpc) is 3.07. The minimum atomic E-state index is 0.489. The van der Waals surface area contributed by atoms with Gasteiger partial charge in [-0.25, -0.2) is 5.10 Å². The molecule has 1 saturated carbocycles. The van der Waals surface area contributed by atoms with Gasteiger partial charge in [0.1, 0.15) is 0 Å². The van der Waals surface area contributed by atoms with Crippen molar-refractivity contribution in [3.05, 3.63) is 34.6 Å². The highest BCUT2D eigenvalue weighted by atomic mass is 32.1. The summed E-state index contributed by atoms with van der Waals surface area (Å²) in [4.78, 5) is 2.12. The lowest BCUT2D eigenvalue weighted by atomic mass is 10.2. The number of aromatic amines is 1. The van der Waals surface area contributed by atoms with Gasteiger partial charge >= 0.3 is 0 Å². The summed E-state index contributed by atoms with van der Waals surface area (Å²) in [6.45, 7) is 2.12. The van der Waals surface area contributed by atoms with E-state index in [1.807, 2.05) is 0 Å². The average molecular weight is 288 g/mol. The normalized spacial score (nSPS) is 15.7. The number of hydrogen-bond acceptors (Lipinski definition) is 3. The molecule has 3 rings (SSSR count). The van der Waals surface area contributed by atoms with Crippen LogP contribution >= 0.6 is 12.2 Å². The van der Waals surface area contributed by atoms with Crippen LogP contribution in [0.15, 0.2) is 24.3 Å². The highest BCUT2D eigenvalue weighted by Gasteiger charge is 2.23. The topological polar surface area (TPSA) is 36.9 Å². The number of hydrogen-bond donors (Lipinski definition) is 1. The van der Waals surface area contributed by atoms with Gasteiger partial charge in [0.05, 0.1) is 0 Å². The molecule has 2 aromatic rings. The molecule has 106 valence electrons. The van der Waals surface area contributed by atoms with Crippen molar-refractivity contribution in [1.82, 2.24) is 14.8 Å². The summed E-state index contributed by atoms with van der Waals surface area (Å²) in [6.07, 6.45) is 4.96. The fraction of sp³-hybridized carbons (Fsp3) is 0.467. The van der Waals surface area contributed by atoms with Crippen molar-refractivity contribution >= 4 is 23.9 Å². The molecule has 1 heterocycles. The Morgan fingerprint density at radius 1 is 1.30 bits per heavy atom. The second-order valence-corrected chi connectivity index (χ2v) is 5.87. The molecular formula is C15H20N4S. The predicted octanol–water partition coefficient (Wildman–Crippen LogP) is 4.13. The second kappa shape index (κ2) is 5.40. The van der Waals surface area contributed by atoms with Crippen molar-refractivity contribution in [3.8, 4) is 0 Å². The smallest absolute Gasteiger partial charge is 0.230 e. The summed E-state index contributed by atoms with van der Waals surface area (Å²) in [5.41, 5.74) is 2.41. The molecule has 0 saturated heterocycles. The second-order valence-electron chi connectivity index (χ2n) is 5.48. The first-order valence-electron chi connectivity index (χ1n) is 7.15. The molecule has 0 atom stereocenters. The highest BCUT2D eigenvalue weighted by molar-refractivity contribution is 7.71. The van der Waals surface area contributed by atoms with E-state index >= 15 is 0 Å². The van der Waals surface area contributed by atoms with E-state index in [2.05, 4.69) is 57.9 Å². The maximum absolute atomic E-state index is 5.43. The van der Waals surface area contributed by atoms with Gasteiger partial charge in [0.25, 0.3) is 0 Å². The van der Waals surface area contributed by atoms with Gasteiger partial charge in [0.2, 0.25) is 5.95 Å². The van der Waals surface area contributed by atoms with Gasteiger partial charge in [0.15, 0.2) is 4.77 Å². The number of H-pyrrole nitrogens is 1. The lowest BCUT2D eigenvalue weighted by Crippen LogP contribution is -2.18. The van der Waals surface area contributed by atoms with Crippen LogP contribution in [-0.2, 0) is 0 Å². The zero-order valence-electron chi connectivity index (χ0n) is 12.0. The molecule has 0 bridgehead atoms. The van der Waals surface area contributed by atoms with Crippen LogP contribution in [0.2, 0.25) is 0 Å². The van der Waals surface area contributed by atoms with E-state index in [1.54, 1.807) is 0 Å². The summed E-state index contributed by atoms with van der Waals surface area (Å²) in [5, 5.41) is 7.41. The van der Waals surface area contributed by atoms with Crippen molar-refractivity contribution in [2.24, 2.45) is 0 Å². The minimum Gasteiger partial charge on any atom is -0.313 e. The molecule has 4 nitrogen and oxygen atoms in total. The van der Waals surface area contributed by atoms with E-state index in [-0.39, 0.29) is 0 Å². The summed E-state index contributed by atoms with van der Waals surface area (Å²) in [6, 6.07) is 8.84. The molecule has 1 aliphatic rings. The van der Waals surface area contributed by atoms with E-state index in [1.165, 1.54) is 36.9 Å². The number of nitrogens with zero attached hydrogens (tertiary/aromatic N) is 3. The Hall–Kier alpha value is -1.62. The van der Waals surface area contributed by atoms with Crippen molar-refractivity contribution in [1.29, 1.82) is 0 Å². The van der Waals surface area contributed by atoms with Crippen LogP contribution in [0.1, 0.15) is 37.3 Å². The lowest BCUT2D eigenvalue weighted by Gasteiger charge is -2.23. The van der Waals surface area contributed by atoms with Crippen LogP contribution in [0.25, 0.3) is 0 Å². The molecule has 5 heteroatoms. The zero-order valence-corrected chi connectivity index (χ0v) is 12.8. The number of nitrogens with one attached hydrogen (secondary N) is 1. The van der Waals surface area contributed by atoms with Crippen LogP contribution in [0.4, 0.5) is 11.6 Å². The van der Waals surface area contributed by atoms with Crippen molar-refractivity contribution in [2.75, 3.05) is 11.9 Å². The summed E-state index contributed by atoms with van der Waals surface area (Å²) >= 11 is 5.43. The first-order valence-corrected chi connectivity index (χ1v) is 7.55. The molecule has 1 aliphatic carbocycles. The number of aryl methyl sites for hydroxylation is 1. The van der Waals surface area contributed by atoms with Crippen LogP contribution in [-0.4, -0.2) is 21.8 Å². The maximum atomic E-state index is 5.43. The van der Waals surface area contributed by atoms with Crippen molar-refractivity contribution in [2.45, 2.75) is 38.6 Å². The van der Waals surface area contributed by atoms with E-state index in [9.17, 15) is 0 Å². The monoisotopic (exact) mass is 288 g/mol. The Labute approximate surface area is 124 Å². The number of anilines is 2. The maximum Gasteiger partial charge on any atom is 0.230 e. The summed E-state index contributed by atoms with van der Waals surface area (Å²) in [5.74, 6) is 0.913. The van der Waals surface area contributed by atoms with E-state index < -0.39 is 0 Å². The third-order valence-corrected chi connectivity index (χ3v) is 4.44. The molecule has 1 aromatic carbocycles. The van der Waals surface area contributed by atoms with Crippen LogP contribution < -0.4 is 4.90 Å². The quantitative estimate of drug-likeness (QED) is 0.863. The number of para-hydroxylation sites is 1. The lowest BCUT2D eigenvalue weighted by molar-refractivity contribution is 0.513. The number of benzene rings is 1.